The van der Waals surface area contributed by atoms with Gasteiger partial charge in [0.05, 0.1) is 0 Å². The van der Waals surface area contributed by atoms with Crippen LogP contribution < -0.4 is 5.73 Å². The highest BCUT2D eigenvalue weighted by Crippen LogP contribution is 2.48. The van der Waals surface area contributed by atoms with Crippen molar-refractivity contribution in [3.05, 3.63) is 53.6 Å². The Kier molecular flexibility index (Phi) is 12.1. The molecule has 1 aromatic carbocycles. The zero-order valence-corrected chi connectivity index (χ0v) is 22.3. The molecule has 0 radical (unpaired) electrons. The Bertz CT molecular complexity index is 835. The van der Waals surface area contributed by atoms with E-state index < -0.39 is 5.97 Å². The van der Waals surface area contributed by atoms with E-state index in [0.29, 0.717) is 18.1 Å². The van der Waals surface area contributed by atoms with Crippen molar-refractivity contribution in [2.45, 2.75) is 115 Å². The molecule has 3 rings (SSSR count). The van der Waals surface area contributed by atoms with Crippen molar-refractivity contribution in [1.82, 2.24) is 0 Å². The molecule has 1 saturated carbocycles. The molecule has 2 aliphatic rings. The maximum Gasteiger partial charge on any atom is 0.303 e. The summed E-state index contributed by atoms with van der Waals surface area (Å²) in [4.78, 5) is 10.9. The molecule has 0 amide bonds. The summed E-state index contributed by atoms with van der Waals surface area (Å²) < 4.78 is 0. The van der Waals surface area contributed by atoms with Crippen molar-refractivity contribution in [1.29, 1.82) is 0 Å². The number of unbranched alkanes of at least 4 members (excludes halogenated alkanes) is 3. The van der Waals surface area contributed by atoms with Gasteiger partial charge in [0, 0.05) is 6.42 Å². The number of aromatic hydroxyl groups is 1. The molecular formula is C32H49NO3. The second-order valence-corrected chi connectivity index (χ2v) is 11.3. The first-order chi connectivity index (χ1) is 17.5. The minimum Gasteiger partial charge on any atom is -0.508 e. The van der Waals surface area contributed by atoms with E-state index in [4.69, 9.17) is 10.8 Å². The van der Waals surface area contributed by atoms with Crippen molar-refractivity contribution < 1.29 is 15.0 Å². The maximum atomic E-state index is 10.9. The second kappa shape index (κ2) is 15.2. The van der Waals surface area contributed by atoms with Crippen LogP contribution in [0.1, 0.15) is 115 Å². The first-order valence-corrected chi connectivity index (χ1v) is 14.6. The van der Waals surface area contributed by atoms with Crippen molar-refractivity contribution in [3.63, 3.8) is 0 Å². The molecule has 0 heterocycles. The van der Waals surface area contributed by atoms with Crippen LogP contribution in [0.15, 0.2) is 48.1 Å². The zero-order chi connectivity index (χ0) is 25.6. The van der Waals surface area contributed by atoms with E-state index in [0.717, 1.165) is 25.3 Å². The van der Waals surface area contributed by atoms with E-state index in [9.17, 15) is 9.90 Å². The van der Waals surface area contributed by atoms with Crippen LogP contribution in [0.5, 0.6) is 5.75 Å². The van der Waals surface area contributed by atoms with Crippen LogP contribution >= 0.6 is 0 Å². The lowest BCUT2D eigenvalue weighted by Gasteiger charge is -2.44. The Labute approximate surface area is 219 Å². The Morgan fingerprint density at radius 3 is 2.53 bits per heavy atom. The number of rotatable bonds is 16. The van der Waals surface area contributed by atoms with Crippen LogP contribution in [-0.4, -0.2) is 22.7 Å². The first kappa shape index (κ1) is 28.5. The number of hydrogen-bond donors (Lipinski definition) is 3. The molecule has 0 aliphatic heterocycles. The van der Waals surface area contributed by atoms with Crippen molar-refractivity contribution in [3.8, 4) is 5.75 Å². The molecule has 4 heteroatoms. The Balaban J connectivity index is 1.57. The lowest BCUT2D eigenvalue weighted by molar-refractivity contribution is -0.136. The predicted octanol–water partition coefficient (Wildman–Crippen LogP) is 8.05. The Morgan fingerprint density at radius 2 is 1.81 bits per heavy atom. The summed E-state index contributed by atoms with van der Waals surface area (Å²) in [6.07, 6.45) is 26.3. The predicted molar refractivity (Wildman–Crippen MR) is 149 cm³/mol. The number of hydrogen-bond acceptors (Lipinski definition) is 3. The van der Waals surface area contributed by atoms with Gasteiger partial charge in [-0.15, -0.1) is 0 Å². The van der Waals surface area contributed by atoms with Crippen molar-refractivity contribution in [2.24, 2.45) is 17.6 Å². The Hall–Kier alpha value is -2.07. The molecule has 0 aromatic heterocycles. The number of allylic oxidation sites excluding steroid dienone is 3. The fourth-order valence-electron chi connectivity index (χ4n) is 6.76. The molecule has 0 bridgehead atoms. The van der Waals surface area contributed by atoms with Gasteiger partial charge >= 0.3 is 5.97 Å². The number of aliphatic carboxylic acids is 1. The third-order valence-corrected chi connectivity index (χ3v) is 8.73. The number of carbonyl (C=O) groups is 1. The quantitative estimate of drug-likeness (QED) is 0.160. The van der Waals surface area contributed by atoms with E-state index in [-0.39, 0.29) is 11.8 Å². The topological polar surface area (TPSA) is 83.6 Å². The summed E-state index contributed by atoms with van der Waals surface area (Å²) in [6, 6.07) is 8.00. The standard InChI is InChI=1S/C32H49NO3/c33-24-21-27-16-15-26(25-27)11-5-1-2-6-12-28(13-7-3-8-14-31(35)36)32(22-9-4-10-23-32)29-17-19-30(34)20-18-29/h3,7,17-20,25-26,28,34H,1-2,4-6,8-16,21-24,33H2,(H,35,36). The maximum absolute atomic E-state index is 10.9. The molecule has 2 aliphatic carbocycles. The highest BCUT2D eigenvalue weighted by Gasteiger charge is 2.40. The first-order valence-electron chi connectivity index (χ1n) is 14.6. The van der Waals surface area contributed by atoms with Gasteiger partial charge in [-0.1, -0.05) is 80.9 Å². The average Bonchev–Trinajstić information content (AvgIpc) is 3.32. The van der Waals surface area contributed by atoms with Crippen molar-refractivity contribution in [2.75, 3.05) is 6.54 Å². The zero-order valence-electron chi connectivity index (χ0n) is 22.3. The van der Waals surface area contributed by atoms with E-state index in [2.05, 4.69) is 30.4 Å². The molecule has 0 saturated heterocycles. The summed E-state index contributed by atoms with van der Waals surface area (Å²) in [7, 11) is 0. The number of phenolic OH excluding ortho intramolecular Hbond substituents is 1. The van der Waals surface area contributed by atoms with Gasteiger partial charge in [0.15, 0.2) is 0 Å². The summed E-state index contributed by atoms with van der Waals surface area (Å²) in [5, 5.41) is 18.9. The van der Waals surface area contributed by atoms with Gasteiger partial charge in [0.2, 0.25) is 0 Å². The average molecular weight is 496 g/mol. The number of carboxylic acids is 1. The summed E-state index contributed by atoms with van der Waals surface area (Å²) in [5.74, 6) is 0.935. The van der Waals surface area contributed by atoms with Gasteiger partial charge in [-0.05, 0) is 99.3 Å². The fraction of sp³-hybridized carbons (Fsp3) is 0.656. The van der Waals surface area contributed by atoms with Crippen LogP contribution in [0.4, 0.5) is 0 Å². The van der Waals surface area contributed by atoms with E-state index in [1.54, 1.807) is 5.57 Å². The van der Waals surface area contributed by atoms with Crippen LogP contribution in [0.25, 0.3) is 0 Å². The van der Waals surface area contributed by atoms with Gasteiger partial charge in [-0.3, -0.25) is 4.79 Å². The molecule has 1 aromatic rings. The molecule has 200 valence electrons. The molecular weight excluding hydrogens is 446 g/mol. The molecule has 1 fully saturated rings. The summed E-state index contributed by atoms with van der Waals surface area (Å²) in [6.45, 7) is 0.778. The second-order valence-electron chi connectivity index (χ2n) is 11.3. The molecule has 4 nitrogen and oxygen atoms in total. The normalized spacial score (nSPS) is 20.5. The minimum absolute atomic E-state index is 0.164. The molecule has 2 unspecified atom stereocenters. The molecule has 4 N–H and O–H groups in total. The Morgan fingerprint density at radius 1 is 1.06 bits per heavy atom. The number of nitrogens with two attached hydrogens (primary N) is 1. The van der Waals surface area contributed by atoms with E-state index in [1.165, 1.54) is 89.0 Å². The lowest BCUT2D eigenvalue weighted by atomic mass is 9.60. The minimum atomic E-state index is -0.729. The number of phenols is 1. The smallest absolute Gasteiger partial charge is 0.303 e. The number of carboxylic acid groups (broad SMARTS) is 1. The van der Waals surface area contributed by atoms with E-state index >= 15 is 0 Å². The van der Waals surface area contributed by atoms with E-state index in [1.807, 2.05) is 12.1 Å². The van der Waals surface area contributed by atoms with Gasteiger partial charge < -0.3 is 15.9 Å². The summed E-state index contributed by atoms with van der Waals surface area (Å²) in [5.41, 5.74) is 8.84. The monoisotopic (exact) mass is 495 g/mol. The van der Waals surface area contributed by atoms with Gasteiger partial charge in [-0.25, -0.2) is 0 Å². The van der Waals surface area contributed by atoms with Crippen LogP contribution in [-0.2, 0) is 10.2 Å². The van der Waals surface area contributed by atoms with Gasteiger partial charge in [0.1, 0.15) is 5.75 Å². The van der Waals surface area contributed by atoms with Crippen LogP contribution in [0.3, 0.4) is 0 Å². The highest BCUT2D eigenvalue weighted by molar-refractivity contribution is 5.66. The highest BCUT2D eigenvalue weighted by atomic mass is 16.4. The van der Waals surface area contributed by atoms with Crippen LogP contribution in [0.2, 0.25) is 0 Å². The van der Waals surface area contributed by atoms with Crippen LogP contribution in [0, 0.1) is 11.8 Å². The molecule has 36 heavy (non-hydrogen) atoms. The summed E-state index contributed by atoms with van der Waals surface area (Å²) >= 11 is 0. The third kappa shape index (κ3) is 8.80. The number of benzene rings is 1. The molecule has 0 spiro atoms. The third-order valence-electron chi connectivity index (χ3n) is 8.73. The molecule has 2 atom stereocenters. The largest absolute Gasteiger partial charge is 0.508 e. The SMILES string of the molecule is NCCC1=CC(CCCCCCC(CC=CCCC(=O)O)C2(c3ccc(O)cc3)CCCCC2)CC1. The fourth-order valence-corrected chi connectivity index (χ4v) is 6.76. The van der Waals surface area contributed by atoms with Gasteiger partial charge in [0.25, 0.3) is 0 Å². The van der Waals surface area contributed by atoms with Gasteiger partial charge in [-0.2, -0.15) is 0 Å². The lowest BCUT2D eigenvalue weighted by Crippen LogP contribution is -2.37. The van der Waals surface area contributed by atoms with Crippen molar-refractivity contribution >= 4 is 5.97 Å².